The van der Waals surface area contributed by atoms with E-state index >= 15 is 0 Å². The molecule has 1 aliphatic rings. The Labute approximate surface area is 818 Å². The Kier molecular flexibility index (Phi) is 33.3. The van der Waals surface area contributed by atoms with E-state index in [9.17, 15) is 36.8 Å². The van der Waals surface area contributed by atoms with Crippen LogP contribution < -0.4 is 31.5 Å². The Balaban J connectivity index is 0.000000137. The fourth-order valence-corrected chi connectivity index (χ4v) is 15.5. The fourth-order valence-electron chi connectivity index (χ4n) is 13.8. The largest absolute Gasteiger partial charge is 0.354 e. The minimum absolute atomic E-state index is 0.0852. The van der Waals surface area contributed by atoms with Crippen LogP contribution in [-0.2, 0) is 9.84 Å². The number of pyridine rings is 8. The molecule has 5 N–H and O–H groups in total. The number of hydrogen-bond donors (Lipinski definition) is 5. The van der Waals surface area contributed by atoms with Crippen molar-refractivity contribution in [1.82, 2.24) is 64.5 Å². The predicted molar refractivity (Wildman–Crippen MR) is 539 cm³/mol. The maximum atomic E-state index is 13.2. The van der Waals surface area contributed by atoms with Crippen LogP contribution in [-0.4, -0.2) is 141 Å². The molecule has 0 bridgehead atoms. The summed E-state index contributed by atoms with van der Waals surface area (Å²) in [6.07, 6.45) is 16.8. The highest BCUT2D eigenvalue weighted by Crippen LogP contribution is 2.36. The summed E-state index contributed by atoms with van der Waals surface area (Å²) < 4.78 is 37.6. The summed E-state index contributed by atoms with van der Waals surface area (Å²) in [5, 5.41) is 21.5. The van der Waals surface area contributed by atoms with E-state index in [1.807, 2.05) is 133 Å². The maximum absolute atomic E-state index is 13.2. The molecule has 0 saturated carbocycles. The van der Waals surface area contributed by atoms with Crippen LogP contribution in [0.25, 0.3) is 73.2 Å². The smallest absolute Gasteiger partial charge is 0.259 e. The van der Waals surface area contributed by atoms with E-state index in [0.29, 0.717) is 121 Å². The number of hydrogen-bond acceptors (Lipinski definition) is 20. The monoisotopic (exact) mass is 1960 g/mol. The molecule has 0 atom stereocenters. The van der Waals surface area contributed by atoms with Gasteiger partial charge in [-0.25, -0.2) is 42.4 Å². The zero-order valence-corrected chi connectivity index (χ0v) is 78.8. The molecule has 0 radical (unpaired) electrons. The Hall–Kier alpha value is -15.2. The number of halogens is 7. The molecule has 1 saturated heterocycles. The second kappa shape index (κ2) is 46.6. The van der Waals surface area contributed by atoms with Crippen molar-refractivity contribution in [2.75, 3.05) is 70.5 Å². The van der Waals surface area contributed by atoms with Crippen LogP contribution in [0.2, 0.25) is 30.3 Å². The summed E-state index contributed by atoms with van der Waals surface area (Å²) in [7, 11) is -3.41. The highest BCUT2D eigenvalue weighted by Gasteiger charge is 2.23. The highest BCUT2D eigenvalue weighted by molar-refractivity contribution is 7.90. The second-order valence-electron chi connectivity index (χ2n) is 30.2. The molecule has 686 valence electrons. The third kappa shape index (κ3) is 26.4. The lowest BCUT2D eigenvalue weighted by Gasteiger charge is -2.34. The SMILES string of the molecule is CCN1CCN(c2ccc(C(=O)Nc3ccc(Cl)c(-c4ccccn4)c3)cn2)CC1.CS(=O)(=O)c1ccc(C(=O)Nc2ccc(Cl)c(-c3ccccn3)c2)cn1.Cc1c(C(=O)Nc2ccc(Cl)c(-c3ccccn3)c2)cnn1-c1ccc(F)cc1.Cc1ncc(C(=O)Nc2ccc(Cl)c(-c3ccccn3)c2)c(-c2ccccc2)n1.O=C(Nc1ccc(Cl)c(-c2ccccn2)c1)c1ccc(Cl)nc1. The molecule has 34 heteroatoms. The fraction of sp³-hybridized carbons (Fsp3) is 0.0874. The number of aryl methyl sites for hydroxylation is 1. The highest BCUT2D eigenvalue weighted by atomic mass is 35.5. The number of piperazine rings is 1. The maximum Gasteiger partial charge on any atom is 0.259 e. The first-order valence-corrected chi connectivity index (χ1v) is 46.4. The van der Waals surface area contributed by atoms with Crippen LogP contribution in [0.1, 0.15) is 70.2 Å². The zero-order valence-electron chi connectivity index (χ0n) is 73.5. The molecule has 26 nitrogen and oxygen atoms in total. The number of carbonyl (C=O) groups is 5. The summed E-state index contributed by atoms with van der Waals surface area (Å²) in [5.74, 6) is -0.309. The van der Waals surface area contributed by atoms with E-state index in [1.54, 1.807) is 177 Å². The van der Waals surface area contributed by atoms with Gasteiger partial charge in [-0.1, -0.05) is 137 Å². The van der Waals surface area contributed by atoms with Crippen molar-refractivity contribution < 1.29 is 36.8 Å². The molecular formula is C103H82Cl6FN19O7S. The lowest BCUT2D eigenvalue weighted by Crippen LogP contribution is -2.46. The van der Waals surface area contributed by atoms with Gasteiger partial charge < -0.3 is 36.4 Å². The van der Waals surface area contributed by atoms with Gasteiger partial charge in [0.25, 0.3) is 29.5 Å². The number of amides is 5. The number of anilines is 6. The van der Waals surface area contributed by atoms with E-state index < -0.39 is 15.7 Å². The van der Waals surface area contributed by atoms with Gasteiger partial charge in [-0.3, -0.25) is 48.9 Å². The molecule has 0 unspecified atom stereocenters. The second-order valence-corrected chi connectivity index (χ2v) is 34.6. The minimum Gasteiger partial charge on any atom is -0.354 e. The molecular weight excluding hydrogens is 1880 g/mol. The first-order chi connectivity index (χ1) is 66.2. The minimum atomic E-state index is -3.41. The number of nitrogens with one attached hydrogen (secondary N) is 5. The van der Waals surface area contributed by atoms with Crippen LogP contribution in [0.15, 0.2) is 340 Å². The summed E-state index contributed by atoms with van der Waals surface area (Å²) in [6, 6.07) is 79.1. The van der Waals surface area contributed by atoms with Crippen molar-refractivity contribution in [1.29, 1.82) is 0 Å². The molecule has 10 aromatic heterocycles. The van der Waals surface area contributed by atoms with Gasteiger partial charge >= 0.3 is 0 Å². The van der Waals surface area contributed by atoms with Gasteiger partial charge in [-0.2, -0.15) is 5.10 Å². The normalized spacial score (nSPS) is 11.5. The third-order valence-electron chi connectivity index (χ3n) is 20.9. The van der Waals surface area contributed by atoms with E-state index in [-0.39, 0.29) is 40.0 Å². The molecule has 1 aliphatic heterocycles. The van der Waals surface area contributed by atoms with Gasteiger partial charge in [0, 0.05) is 150 Å². The van der Waals surface area contributed by atoms with Gasteiger partial charge in [0.15, 0.2) is 14.9 Å². The number of likely N-dealkylation sites (N-methyl/N-ethyl adjacent to an activating group) is 1. The molecule has 11 heterocycles. The summed E-state index contributed by atoms with van der Waals surface area (Å²) >= 11 is 37.1. The number of sulfone groups is 1. The summed E-state index contributed by atoms with van der Waals surface area (Å²) in [5.41, 5.74) is 15.1. The quantitative estimate of drug-likeness (QED) is 0.0443. The lowest BCUT2D eigenvalue weighted by molar-refractivity contribution is 0.101. The average molecular weight is 1960 g/mol. The van der Waals surface area contributed by atoms with Crippen LogP contribution in [0, 0.1) is 19.7 Å². The van der Waals surface area contributed by atoms with Crippen molar-refractivity contribution in [2.45, 2.75) is 25.8 Å². The van der Waals surface area contributed by atoms with E-state index in [2.05, 4.69) is 98.2 Å². The van der Waals surface area contributed by atoms with Gasteiger partial charge in [-0.15, -0.1) is 0 Å². The van der Waals surface area contributed by atoms with Crippen LogP contribution in [0.3, 0.4) is 0 Å². The molecule has 18 rings (SSSR count). The average Bonchev–Trinajstić information content (AvgIpc) is 1.78. The molecule has 0 spiro atoms. The number of aromatic nitrogens is 12. The van der Waals surface area contributed by atoms with Gasteiger partial charge in [0.1, 0.15) is 22.6 Å². The molecule has 17 aromatic rings. The Morgan fingerprint density at radius 1 is 0.372 bits per heavy atom. The van der Waals surface area contributed by atoms with Crippen molar-refractivity contribution >= 4 is 143 Å². The molecule has 137 heavy (non-hydrogen) atoms. The number of carbonyl (C=O) groups excluding carboxylic acids is 5. The van der Waals surface area contributed by atoms with Gasteiger partial charge in [0.05, 0.1) is 105 Å². The van der Waals surface area contributed by atoms with E-state index in [1.165, 1.54) is 42.9 Å². The van der Waals surface area contributed by atoms with Crippen molar-refractivity contribution in [2.24, 2.45) is 0 Å². The molecule has 1 fully saturated rings. The number of nitrogens with zero attached hydrogens (tertiary/aromatic N) is 14. The summed E-state index contributed by atoms with van der Waals surface area (Å²) in [6.45, 7) is 10.8. The molecule has 0 aliphatic carbocycles. The lowest BCUT2D eigenvalue weighted by atomic mass is 10.1. The Morgan fingerprint density at radius 2 is 0.745 bits per heavy atom. The van der Waals surface area contributed by atoms with E-state index in [4.69, 9.17) is 69.6 Å². The van der Waals surface area contributed by atoms with E-state index in [0.717, 1.165) is 89.7 Å². The Morgan fingerprint density at radius 3 is 1.09 bits per heavy atom. The molecule has 5 amide bonds. The molecule has 7 aromatic carbocycles. The van der Waals surface area contributed by atoms with Gasteiger partial charge in [-0.05, 0) is 233 Å². The first kappa shape index (κ1) is 97.8. The third-order valence-corrected chi connectivity index (χ3v) is 23.7. The first-order valence-electron chi connectivity index (χ1n) is 42.3. The number of benzene rings is 7. The van der Waals surface area contributed by atoms with Crippen LogP contribution >= 0.6 is 69.6 Å². The van der Waals surface area contributed by atoms with Crippen molar-refractivity contribution in [3.05, 3.63) is 410 Å². The van der Waals surface area contributed by atoms with Crippen LogP contribution in [0.4, 0.5) is 38.6 Å². The standard InChI is InChI=1S/C23H24ClN5O.C23H17ClN4O.C22H16ClFN4O.C18H14ClN3O3S.C17H11Cl2N3O/c1-2-28-11-13-29(14-12-28)22-9-6-17(16-26-22)23(30)27-18-7-8-20(24)19(15-18)21-5-3-4-10-25-21;1-15-26-14-19(22(27-15)16-7-3-2-4-8-16)23(29)28-17-10-11-20(24)18(13-17)21-9-5-6-12-25-21;1-14-19(13-26-28(14)17-8-5-15(24)6-9-17)22(29)27-16-7-10-20(23)18(12-16)21-4-2-3-11-25-21;1-26(24,25)17-8-5-12(11-21-17)18(23)22-13-6-7-15(19)14(10-13)16-4-2-3-9-20-16;18-14-6-5-12(9-13(14)15-3-1-2-8-20-15)22-17(23)11-4-7-16(19)21-10-11/h3-10,15-16H,2,11-14H2,1H3,(H,27,30);2-14H,1H3,(H,28,29);2-13H,1H3,(H,27,29);2-11H,1H3,(H,22,23);1-10H,(H,22,23). The van der Waals surface area contributed by atoms with Crippen molar-refractivity contribution in [3.63, 3.8) is 0 Å². The van der Waals surface area contributed by atoms with Crippen molar-refractivity contribution in [3.8, 4) is 73.2 Å². The predicted octanol–water partition coefficient (Wildman–Crippen LogP) is 23.1. The number of rotatable bonds is 20. The topological polar surface area (TPSA) is 333 Å². The zero-order chi connectivity index (χ0) is 96.5. The Bertz CT molecular complexity index is 7230. The van der Waals surface area contributed by atoms with Crippen LogP contribution in [0.5, 0.6) is 0 Å². The van der Waals surface area contributed by atoms with Gasteiger partial charge in [0.2, 0.25) is 0 Å². The summed E-state index contributed by atoms with van der Waals surface area (Å²) in [4.78, 5) is 110.